The first-order valence-electron chi connectivity index (χ1n) is 5.94. The van der Waals surface area contributed by atoms with Crippen LogP contribution >= 0.6 is 24.0 Å². The molecule has 0 N–H and O–H groups in total. The summed E-state index contributed by atoms with van der Waals surface area (Å²) in [6.45, 7) is 4.82. The normalized spacial score (nSPS) is 10.6. The number of nitrogens with zero attached hydrogens (tertiary/aromatic N) is 1. The fourth-order valence-corrected chi connectivity index (χ4v) is 2.84. The fraction of sp³-hybridized carbons (Fsp3) is 0.357. The van der Waals surface area contributed by atoms with Gasteiger partial charge in [0, 0.05) is 23.2 Å². The van der Waals surface area contributed by atoms with E-state index in [0.717, 1.165) is 22.9 Å². The highest BCUT2D eigenvalue weighted by atomic mass is 32.1. The van der Waals surface area contributed by atoms with E-state index in [1.807, 2.05) is 6.20 Å². The smallest absolute Gasteiger partial charge is 0.125 e. The fourth-order valence-electron chi connectivity index (χ4n) is 1.80. The van der Waals surface area contributed by atoms with Gasteiger partial charge in [-0.15, -0.1) is 11.3 Å². The van der Waals surface area contributed by atoms with Crippen molar-refractivity contribution in [3.05, 3.63) is 45.4 Å². The van der Waals surface area contributed by atoms with Gasteiger partial charge in [0.05, 0.1) is 11.6 Å². The Morgan fingerprint density at radius 3 is 2.61 bits per heavy atom. The average Bonchev–Trinajstić information content (AvgIpc) is 2.81. The molecule has 1 aromatic carbocycles. The third-order valence-corrected chi connectivity index (χ3v) is 4.34. The maximum Gasteiger partial charge on any atom is 0.125 e. The van der Waals surface area contributed by atoms with E-state index in [1.165, 1.54) is 16.0 Å². The Kier molecular flexibility index (Phi) is 4.66. The van der Waals surface area contributed by atoms with Crippen LogP contribution in [0.25, 0.3) is 0 Å². The number of rotatable bonds is 5. The number of hydrogen-bond acceptors (Lipinski definition) is 4. The first kappa shape index (κ1) is 13.4. The third kappa shape index (κ3) is 3.27. The van der Waals surface area contributed by atoms with Gasteiger partial charge in [0.2, 0.25) is 0 Å². The quantitative estimate of drug-likeness (QED) is 0.841. The highest BCUT2D eigenvalue weighted by Gasteiger charge is 2.05. The number of thiazole rings is 1. The van der Waals surface area contributed by atoms with E-state index >= 15 is 0 Å². The lowest BCUT2D eigenvalue weighted by molar-refractivity contribution is 0.317. The average molecular weight is 279 g/mol. The summed E-state index contributed by atoms with van der Waals surface area (Å²) in [6, 6.07) is 6.20. The molecular weight excluding hydrogens is 262 g/mol. The van der Waals surface area contributed by atoms with Gasteiger partial charge >= 0.3 is 0 Å². The molecule has 0 bridgehead atoms. The Bertz CT molecular complexity index is 502. The Balaban J connectivity index is 1.92. The van der Waals surface area contributed by atoms with Crippen molar-refractivity contribution in [3.63, 3.8) is 0 Å². The van der Waals surface area contributed by atoms with Crippen molar-refractivity contribution >= 4 is 24.0 Å². The molecule has 0 atom stereocenters. The lowest BCUT2D eigenvalue weighted by atomic mass is 10.1. The predicted octanol–water partition coefficient (Wildman–Crippen LogP) is 3.81. The number of benzene rings is 1. The molecule has 0 aliphatic rings. The van der Waals surface area contributed by atoms with Gasteiger partial charge in [-0.2, -0.15) is 12.6 Å². The lowest BCUT2D eigenvalue weighted by Gasteiger charge is -2.10. The van der Waals surface area contributed by atoms with Crippen molar-refractivity contribution in [1.82, 2.24) is 4.98 Å². The first-order chi connectivity index (χ1) is 8.70. The van der Waals surface area contributed by atoms with Crippen LogP contribution in [0.2, 0.25) is 0 Å². The zero-order valence-corrected chi connectivity index (χ0v) is 12.4. The van der Waals surface area contributed by atoms with Crippen LogP contribution in [0.4, 0.5) is 0 Å². The first-order valence-corrected chi connectivity index (χ1v) is 7.39. The van der Waals surface area contributed by atoms with E-state index in [1.54, 1.807) is 11.3 Å². The van der Waals surface area contributed by atoms with E-state index in [-0.39, 0.29) is 0 Å². The van der Waals surface area contributed by atoms with Crippen LogP contribution in [0, 0.1) is 13.8 Å². The molecule has 2 aromatic rings. The molecule has 2 nitrogen and oxygen atoms in total. The molecular formula is C14H17NOS2. The minimum absolute atomic E-state index is 0.672. The van der Waals surface area contributed by atoms with E-state index in [4.69, 9.17) is 4.74 Å². The summed E-state index contributed by atoms with van der Waals surface area (Å²) in [6.07, 6.45) is 2.75. The van der Waals surface area contributed by atoms with Crippen molar-refractivity contribution in [2.45, 2.75) is 26.0 Å². The molecule has 0 spiro atoms. The SMILES string of the molecule is Cc1cccc(C)c1OCCc1ncc(CS)s1. The highest BCUT2D eigenvalue weighted by molar-refractivity contribution is 7.79. The number of ether oxygens (including phenoxy) is 1. The number of aryl methyl sites for hydroxylation is 2. The summed E-state index contributed by atoms with van der Waals surface area (Å²) in [5.41, 5.74) is 2.37. The van der Waals surface area contributed by atoms with Crippen LogP contribution in [0.5, 0.6) is 5.75 Å². The third-order valence-electron chi connectivity index (χ3n) is 2.73. The van der Waals surface area contributed by atoms with Crippen LogP contribution in [0.15, 0.2) is 24.4 Å². The molecule has 2 rings (SSSR count). The summed E-state index contributed by atoms with van der Waals surface area (Å²) in [5.74, 6) is 1.76. The van der Waals surface area contributed by atoms with Crippen molar-refractivity contribution in [3.8, 4) is 5.75 Å². The molecule has 0 amide bonds. The standard InChI is InChI=1S/C14H17NOS2/c1-10-4-3-5-11(2)14(10)16-7-6-13-15-8-12(9-17)18-13/h3-5,8,17H,6-7,9H2,1-2H3. The molecule has 18 heavy (non-hydrogen) atoms. The van der Waals surface area contributed by atoms with Gasteiger partial charge in [-0.05, 0) is 25.0 Å². The van der Waals surface area contributed by atoms with Crippen LogP contribution < -0.4 is 4.74 Å². The van der Waals surface area contributed by atoms with Crippen LogP contribution in [-0.2, 0) is 12.2 Å². The second-order valence-corrected chi connectivity index (χ2v) is 5.71. The van der Waals surface area contributed by atoms with E-state index < -0.39 is 0 Å². The zero-order valence-electron chi connectivity index (χ0n) is 10.6. The van der Waals surface area contributed by atoms with Crippen molar-refractivity contribution in [2.75, 3.05) is 6.61 Å². The summed E-state index contributed by atoms with van der Waals surface area (Å²) in [4.78, 5) is 5.56. The maximum absolute atomic E-state index is 5.86. The summed E-state index contributed by atoms with van der Waals surface area (Å²) < 4.78 is 5.86. The molecule has 0 aliphatic carbocycles. The zero-order chi connectivity index (χ0) is 13.0. The van der Waals surface area contributed by atoms with Crippen molar-refractivity contribution < 1.29 is 4.74 Å². The number of aromatic nitrogens is 1. The minimum atomic E-state index is 0.672. The Morgan fingerprint density at radius 1 is 1.28 bits per heavy atom. The van der Waals surface area contributed by atoms with E-state index in [2.05, 4.69) is 49.7 Å². The highest BCUT2D eigenvalue weighted by Crippen LogP contribution is 2.23. The second-order valence-electron chi connectivity index (χ2n) is 4.20. The molecule has 1 aromatic heterocycles. The molecule has 1 heterocycles. The topological polar surface area (TPSA) is 22.1 Å². The molecule has 0 fully saturated rings. The maximum atomic E-state index is 5.86. The van der Waals surface area contributed by atoms with Gasteiger partial charge in [-0.1, -0.05) is 18.2 Å². The Labute approximate surface area is 117 Å². The van der Waals surface area contributed by atoms with E-state index in [9.17, 15) is 0 Å². The second kappa shape index (κ2) is 6.25. The van der Waals surface area contributed by atoms with Crippen LogP contribution in [0.3, 0.4) is 0 Å². The van der Waals surface area contributed by atoms with Gasteiger partial charge in [-0.25, -0.2) is 4.98 Å². The van der Waals surface area contributed by atoms with Gasteiger partial charge in [0.25, 0.3) is 0 Å². The molecule has 0 aliphatic heterocycles. The Hall–Kier alpha value is -1.000. The summed E-state index contributed by atoms with van der Waals surface area (Å²) >= 11 is 5.95. The summed E-state index contributed by atoms with van der Waals surface area (Å²) in [5, 5.41) is 1.12. The largest absolute Gasteiger partial charge is 0.493 e. The lowest BCUT2D eigenvalue weighted by Crippen LogP contribution is -2.03. The minimum Gasteiger partial charge on any atom is -0.493 e. The summed E-state index contributed by atoms with van der Waals surface area (Å²) in [7, 11) is 0. The number of hydrogen-bond donors (Lipinski definition) is 1. The molecule has 0 saturated heterocycles. The van der Waals surface area contributed by atoms with Gasteiger partial charge in [0.1, 0.15) is 5.75 Å². The predicted molar refractivity (Wildman–Crippen MR) is 79.9 cm³/mol. The molecule has 4 heteroatoms. The number of para-hydroxylation sites is 1. The molecule has 0 unspecified atom stereocenters. The van der Waals surface area contributed by atoms with E-state index in [0.29, 0.717) is 6.61 Å². The van der Waals surface area contributed by atoms with Crippen molar-refractivity contribution in [2.24, 2.45) is 0 Å². The Morgan fingerprint density at radius 2 is 2.00 bits per heavy atom. The molecule has 0 radical (unpaired) electrons. The van der Waals surface area contributed by atoms with Crippen LogP contribution in [-0.4, -0.2) is 11.6 Å². The monoisotopic (exact) mass is 279 g/mol. The number of thiol groups is 1. The molecule has 96 valence electrons. The van der Waals surface area contributed by atoms with Crippen LogP contribution in [0.1, 0.15) is 21.0 Å². The van der Waals surface area contributed by atoms with Crippen molar-refractivity contribution in [1.29, 1.82) is 0 Å². The van der Waals surface area contributed by atoms with Gasteiger partial charge in [0.15, 0.2) is 0 Å². The van der Waals surface area contributed by atoms with Gasteiger partial charge < -0.3 is 4.74 Å². The van der Waals surface area contributed by atoms with Gasteiger partial charge in [-0.3, -0.25) is 0 Å². The molecule has 0 saturated carbocycles.